The van der Waals surface area contributed by atoms with Gasteiger partial charge in [0, 0.05) is 17.0 Å². The number of aryl methyl sites for hydroxylation is 1. The molecule has 0 saturated heterocycles. The van der Waals surface area contributed by atoms with E-state index in [4.69, 9.17) is 0 Å². The van der Waals surface area contributed by atoms with Gasteiger partial charge in [0.05, 0.1) is 11.3 Å². The summed E-state index contributed by atoms with van der Waals surface area (Å²) in [5.41, 5.74) is 4.10. The first-order valence-corrected chi connectivity index (χ1v) is 13.6. The number of aromatic nitrogens is 3. The Bertz CT molecular complexity index is 1290. The lowest BCUT2D eigenvalue weighted by Crippen LogP contribution is -2.26. The largest absolute Gasteiger partial charge is 0.316 e. The third kappa shape index (κ3) is 5.52. The Balaban J connectivity index is 1.47. The van der Waals surface area contributed by atoms with Gasteiger partial charge in [-0.25, -0.2) is 0 Å². The molecule has 1 aromatic carbocycles. The van der Waals surface area contributed by atoms with Crippen molar-refractivity contribution in [2.45, 2.75) is 58.7 Å². The summed E-state index contributed by atoms with van der Waals surface area (Å²) in [6.45, 7) is 13.3. The SMILES string of the molecule is C=CCn1c(SCC(=O)Nc2sc3c(c2C#N)CC[C@H](C(C)(C)C)C3)nnc1-c1cccc(C)c1. The molecule has 0 fully saturated rings. The fourth-order valence-electron chi connectivity index (χ4n) is 4.51. The maximum atomic E-state index is 12.9. The lowest BCUT2D eigenvalue weighted by atomic mass is 9.72. The number of rotatable bonds is 7. The molecule has 182 valence electrons. The average Bonchev–Trinajstić information content (AvgIpc) is 3.37. The molecule has 35 heavy (non-hydrogen) atoms. The minimum Gasteiger partial charge on any atom is -0.316 e. The fraction of sp³-hybridized carbons (Fsp3) is 0.407. The van der Waals surface area contributed by atoms with E-state index in [1.54, 1.807) is 17.4 Å². The van der Waals surface area contributed by atoms with Crippen molar-refractivity contribution < 1.29 is 4.79 Å². The molecule has 1 aliphatic carbocycles. The molecule has 2 heterocycles. The number of thiophene rings is 1. The molecule has 8 heteroatoms. The summed E-state index contributed by atoms with van der Waals surface area (Å²) in [5, 5.41) is 22.9. The zero-order valence-corrected chi connectivity index (χ0v) is 22.4. The van der Waals surface area contributed by atoms with Gasteiger partial charge in [-0.15, -0.1) is 28.1 Å². The van der Waals surface area contributed by atoms with E-state index in [1.165, 1.54) is 16.6 Å². The Morgan fingerprint density at radius 3 is 2.89 bits per heavy atom. The van der Waals surface area contributed by atoms with Crippen molar-refractivity contribution in [3.8, 4) is 17.5 Å². The highest BCUT2D eigenvalue weighted by Gasteiger charge is 2.32. The molecule has 1 aliphatic rings. The maximum Gasteiger partial charge on any atom is 0.235 e. The molecule has 6 nitrogen and oxygen atoms in total. The van der Waals surface area contributed by atoms with Crippen molar-refractivity contribution in [2.75, 3.05) is 11.1 Å². The highest BCUT2D eigenvalue weighted by atomic mass is 32.2. The number of thioether (sulfide) groups is 1. The van der Waals surface area contributed by atoms with Gasteiger partial charge in [-0.2, -0.15) is 5.26 Å². The minimum atomic E-state index is -0.150. The van der Waals surface area contributed by atoms with E-state index in [1.807, 2.05) is 29.7 Å². The van der Waals surface area contributed by atoms with Crippen LogP contribution in [-0.2, 0) is 24.2 Å². The highest BCUT2D eigenvalue weighted by molar-refractivity contribution is 7.99. The van der Waals surface area contributed by atoms with Gasteiger partial charge in [0.25, 0.3) is 0 Å². The molecule has 1 amide bonds. The lowest BCUT2D eigenvalue weighted by molar-refractivity contribution is -0.113. The van der Waals surface area contributed by atoms with E-state index in [0.29, 0.717) is 28.2 Å². The van der Waals surface area contributed by atoms with E-state index < -0.39 is 0 Å². The maximum absolute atomic E-state index is 12.9. The number of nitrogens with one attached hydrogen (secondary N) is 1. The number of nitriles is 1. The Morgan fingerprint density at radius 1 is 1.40 bits per heavy atom. The number of allylic oxidation sites excluding steroid dienone is 1. The molecule has 0 saturated carbocycles. The minimum absolute atomic E-state index is 0.150. The molecule has 0 radical (unpaired) electrons. The van der Waals surface area contributed by atoms with Crippen LogP contribution < -0.4 is 5.32 Å². The van der Waals surface area contributed by atoms with Crippen LogP contribution in [0.25, 0.3) is 11.4 Å². The van der Waals surface area contributed by atoms with Crippen molar-refractivity contribution in [1.29, 1.82) is 5.26 Å². The summed E-state index contributed by atoms with van der Waals surface area (Å²) in [4.78, 5) is 14.1. The van der Waals surface area contributed by atoms with Crippen LogP contribution >= 0.6 is 23.1 Å². The van der Waals surface area contributed by atoms with E-state index in [-0.39, 0.29) is 17.1 Å². The lowest BCUT2D eigenvalue weighted by Gasteiger charge is -2.33. The molecule has 0 bridgehead atoms. The Hall–Kier alpha value is -2.89. The fourth-order valence-corrected chi connectivity index (χ4v) is 6.55. The number of hydrogen-bond acceptors (Lipinski definition) is 6. The van der Waals surface area contributed by atoms with Crippen LogP contribution in [0.1, 0.15) is 48.8 Å². The van der Waals surface area contributed by atoms with Crippen molar-refractivity contribution >= 4 is 34.0 Å². The number of amides is 1. The average molecular weight is 506 g/mol. The second-order valence-electron chi connectivity index (χ2n) is 10.0. The van der Waals surface area contributed by atoms with Gasteiger partial charge in [0.1, 0.15) is 11.1 Å². The van der Waals surface area contributed by atoms with Crippen LogP contribution in [-0.4, -0.2) is 26.4 Å². The molecule has 4 rings (SSSR count). The van der Waals surface area contributed by atoms with Crippen molar-refractivity contribution in [3.63, 3.8) is 0 Å². The predicted octanol–water partition coefficient (Wildman–Crippen LogP) is 6.25. The summed E-state index contributed by atoms with van der Waals surface area (Å²) in [6.07, 6.45) is 4.74. The molecule has 0 spiro atoms. The number of carbonyl (C=O) groups excluding carboxylic acids is 1. The third-order valence-electron chi connectivity index (χ3n) is 6.49. The first-order valence-electron chi connectivity index (χ1n) is 11.8. The summed E-state index contributed by atoms with van der Waals surface area (Å²) >= 11 is 2.90. The monoisotopic (exact) mass is 505 g/mol. The number of fused-ring (bicyclic) bond motifs is 1. The molecule has 2 aromatic heterocycles. The summed E-state index contributed by atoms with van der Waals surface area (Å²) in [7, 11) is 0. The van der Waals surface area contributed by atoms with Crippen LogP contribution in [0.2, 0.25) is 0 Å². The van der Waals surface area contributed by atoms with Gasteiger partial charge >= 0.3 is 0 Å². The van der Waals surface area contributed by atoms with E-state index in [2.05, 4.69) is 55.0 Å². The second kappa shape index (κ2) is 10.4. The Morgan fingerprint density at radius 2 is 2.20 bits per heavy atom. The van der Waals surface area contributed by atoms with Crippen LogP contribution in [0.3, 0.4) is 0 Å². The van der Waals surface area contributed by atoms with Crippen molar-refractivity contribution in [3.05, 3.63) is 58.5 Å². The smallest absolute Gasteiger partial charge is 0.235 e. The second-order valence-corrected chi connectivity index (χ2v) is 12.1. The topological polar surface area (TPSA) is 83.6 Å². The summed E-state index contributed by atoms with van der Waals surface area (Å²) in [6, 6.07) is 10.4. The molecular weight excluding hydrogens is 474 g/mol. The number of nitrogens with zero attached hydrogens (tertiary/aromatic N) is 4. The van der Waals surface area contributed by atoms with Crippen LogP contribution in [0, 0.1) is 29.6 Å². The number of anilines is 1. The molecular formula is C27H31N5OS2. The van der Waals surface area contributed by atoms with Gasteiger partial charge in [0.15, 0.2) is 11.0 Å². The summed E-state index contributed by atoms with van der Waals surface area (Å²) < 4.78 is 1.97. The van der Waals surface area contributed by atoms with E-state index in [0.717, 1.165) is 41.8 Å². The van der Waals surface area contributed by atoms with Crippen molar-refractivity contribution in [2.24, 2.45) is 11.3 Å². The third-order valence-corrected chi connectivity index (χ3v) is 8.63. The molecule has 0 unspecified atom stereocenters. The molecule has 3 aromatic rings. The van der Waals surface area contributed by atoms with Gasteiger partial charge in [-0.1, -0.05) is 62.4 Å². The first kappa shape index (κ1) is 25.2. The standard InChI is InChI=1S/C27H31N5OS2/c1-6-12-32-24(18-9-7-8-17(2)13-18)30-31-26(32)34-16-23(33)29-25-21(15-28)20-11-10-19(27(3,4)5)14-22(20)35-25/h6-9,13,19H,1,10-12,14,16H2,2-5H3,(H,29,33)/t19-/m0/s1. The highest BCUT2D eigenvalue weighted by Crippen LogP contribution is 2.44. The predicted molar refractivity (Wildman–Crippen MR) is 144 cm³/mol. The normalized spacial score (nSPS) is 15.3. The van der Waals surface area contributed by atoms with Gasteiger partial charge < -0.3 is 5.32 Å². The molecule has 1 atom stereocenters. The number of hydrogen-bond donors (Lipinski definition) is 1. The van der Waals surface area contributed by atoms with Gasteiger partial charge in [-0.05, 0) is 49.1 Å². The van der Waals surface area contributed by atoms with Crippen molar-refractivity contribution in [1.82, 2.24) is 14.8 Å². The van der Waals surface area contributed by atoms with Crippen LogP contribution in [0.4, 0.5) is 5.00 Å². The van der Waals surface area contributed by atoms with Gasteiger partial charge in [-0.3, -0.25) is 9.36 Å². The van der Waals surface area contributed by atoms with Crippen LogP contribution in [0.15, 0.2) is 42.1 Å². The zero-order chi connectivity index (χ0) is 25.2. The van der Waals surface area contributed by atoms with E-state index >= 15 is 0 Å². The van der Waals surface area contributed by atoms with Gasteiger partial charge in [0.2, 0.25) is 5.91 Å². The molecule has 0 aliphatic heterocycles. The quantitative estimate of drug-likeness (QED) is 0.303. The molecule has 1 N–H and O–H groups in total. The zero-order valence-electron chi connectivity index (χ0n) is 20.7. The van der Waals surface area contributed by atoms with E-state index in [9.17, 15) is 10.1 Å². The Labute approximate surface area is 215 Å². The number of benzene rings is 1. The number of carbonyl (C=O) groups is 1. The first-order chi connectivity index (χ1) is 16.7. The Kier molecular flexibility index (Phi) is 7.48. The van der Waals surface area contributed by atoms with Crippen LogP contribution in [0.5, 0.6) is 0 Å². The summed E-state index contributed by atoms with van der Waals surface area (Å²) in [5.74, 6) is 1.37.